The minimum absolute atomic E-state index is 0.0396. The molecule has 0 aliphatic carbocycles. The number of carboxylic acid groups (broad SMARTS) is 1. The van der Waals surface area contributed by atoms with Crippen LogP contribution in [0.25, 0.3) is 0 Å². The van der Waals surface area contributed by atoms with Gasteiger partial charge in [-0.2, -0.15) is 0 Å². The number of nitrogens with one attached hydrogen (secondary N) is 4. The first kappa shape index (κ1) is 29.5. The van der Waals surface area contributed by atoms with Crippen LogP contribution in [0, 0.1) is 5.92 Å². The molecule has 0 aliphatic heterocycles. The van der Waals surface area contributed by atoms with Crippen molar-refractivity contribution in [1.29, 1.82) is 0 Å². The van der Waals surface area contributed by atoms with Gasteiger partial charge in [-0.3, -0.25) is 14.4 Å². The molecule has 6 unspecified atom stereocenters. The Balaban J connectivity index is 2.28. The van der Waals surface area contributed by atoms with E-state index in [1.54, 1.807) is 24.3 Å². The predicted molar refractivity (Wildman–Crippen MR) is 135 cm³/mol. The van der Waals surface area contributed by atoms with Gasteiger partial charge in [0.05, 0.1) is 18.5 Å². The number of nitrogens with zero attached hydrogens (tertiary/aromatic N) is 1. The number of aliphatic hydroxyl groups is 1. The molecule has 1 heterocycles. The van der Waals surface area contributed by atoms with Gasteiger partial charge in [-0.25, -0.2) is 9.78 Å². The number of nitrogens with two attached hydrogens (primary N) is 1. The van der Waals surface area contributed by atoms with Crippen LogP contribution in [0.5, 0.6) is 0 Å². The Morgan fingerprint density at radius 2 is 1.57 bits per heavy atom. The number of carboxylic acids is 1. The van der Waals surface area contributed by atoms with Gasteiger partial charge < -0.3 is 36.9 Å². The van der Waals surface area contributed by atoms with Gasteiger partial charge in [0.25, 0.3) is 0 Å². The average Bonchev–Trinajstić information content (AvgIpc) is 3.38. The van der Waals surface area contributed by atoms with Crippen LogP contribution >= 0.6 is 0 Å². The molecule has 3 amide bonds. The third-order valence-electron chi connectivity index (χ3n) is 6.13. The number of aliphatic carboxylic acids is 1. The maximum absolute atomic E-state index is 13.4. The van der Waals surface area contributed by atoms with E-state index in [4.69, 9.17) is 5.73 Å². The Hall–Kier alpha value is -3.77. The quantitative estimate of drug-likeness (QED) is 0.174. The molecule has 2 rings (SSSR count). The first-order chi connectivity index (χ1) is 17.5. The Morgan fingerprint density at radius 1 is 0.973 bits per heavy atom. The highest BCUT2D eigenvalue weighted by Gasteiger charge is 2.32. The third-order valence-corrected chi connectivity index (χ3v) is 6.13. The third kappa shape index (κ3) is 8.99. The fourth-order valence-electron chi connectivity index (χ4n) is 3.58. The molecule has 37 heavy (non-hydrogen) atoms. The SMILES string of the molecule is CCC(C)C(N)C(=O)NC(Cc1ccccc1)C(=O)NC(Cc1cnc[nH]1)C(=O)NC(C(=O)O)C(C)O. The topological polar surface area (TPSA) is 200 Å². The fraction of sp³-hybridized carbons (Fsp3) is 0.480. The van der Waals surface area contributed by atoms with E-state index in [0.717, 1.165) is 5.56 Å². The normalized spacial score (nSPS) is 15.9. The van der Waals surface area contributed by atoms with Crippen LogP contribution in [-0.4, -0.2) is 74.1 Å². The first-order valence-corrected chi connectivity index (χ1v) is 12.1. The lowest BCUT2D eigenvalue weighted by Gasteiger charge is -2.26. The number of amides is 3. The highest BCUT2D eigenvalue weighted by Crippen LogP contribution is 2.09. The number of carbonyl (C=O) groups is 4. The molecule has 0 saturated carbocycles. The Kier molecular flexibility index (Phi) is 11.2. The number of H-pyrrole nitrogens is 1. The molecule has 12 heteroatoms. The van der Waals surface area contributed by atoms with Crippen molar-refractivity contribution in [2.45, 2.75) is 70.3 Å². The molecule has 8 N–H and O–H groups in total. The van der Waals surface area contributed by atoms with E-state index in [0.29, 0.717) is 12.1 Å². The molecule has 0 aliphatic rings. The number of hydrogen-bond acceptors (Lipinski definition) is 7. The summed E-state index contributed by atoms with van der Waals surface area (Å²) < 4.78 is 0. The van der Waals surface area contributed by atoms with Gasteiger partial charge in [-0.05, 0) is 18.4 Å². The van der Waals surface area contributed by atoms with Crippen LogP contribution in [0.15, 0.2) is 42.9 Å². The molecule has 0 radical (unpaired) electrons. The molecule has 6 atom stereocenters. The zero-order valence-electron chi connectivity index (χ0n) is 21.2. The van der Waals surface area contributed by atoms with Crippen LogP contribution in [0.3, 0.4) is 0 Å². The maximum atomic E-state index is 13.4. The molecule has 0 spiro atoms. The first-order valence-electron chi connectivity index (χ1n) is 12.1. The van der Waals surface area contributed by atoms with Crippen molar-refractivity contribution in [1.82, 2.24) is 25.9 Å². The zero-order valence-corrected chi connectivity index (χ0v) is 21.2. The fourth-order valence-corrected chi connectivity index (χ4v) is 3.58. The Morgan fingerprint density at radius 3 is 2.11 bits per heavy atom. The van der Waals surface area contributed by atoms with Gasteiger partial charge >= 0.3 is 5.97 Å². The lowest BCUT2D eigenvalue weighted by atomic mass is 9.98. The summed E-state index contributed by atoms with van der Waals surface area (Å²) in [7, 11) is 0. The number of carbonyl (C=O) groups excluding carboxylic acids is 3. The molecule has 0 saturated heterocycles. The summed E-state index contributed by atoms with van der Waals surface area (Å²) in [6.07, 6.45) is 2.25. The standard InChI is InChI=1S/C25H36N6O6/c1-4-14(2)20(26)24(35)30-18(10-16-8-6-5-7-9-16)22(33)29-19(11-17-12-27-13-28-17)23(34)31-21(15(3)32)25(36)37/h5-9,12-15,18-21,32H,4,10-11,26H2,1-3H3,(H,27,28)(H,29,33)(H,30,35)(H,31,34)(H,36,37). The minimum atomic E-state index is -1.58. The number of aliphatic hydroxyl groups excluding tert-OH is 1. The van der Waals surface area contributed by atoms with E-state index < -0.39 is 54.0 Å². The number of imidazole rings is 1. The number of aromatic nitrogens is 2. The van der Waals surface area contributed by atoms with E-state index >= 15 is 0 Å². The number of rotatable bonds is 14. The van der Waals surface area contributed by atoms with Crippen LogP contribution in [0.1, 0.15) is 38.4 Å². The van der Waals surface area contributed by atoms with Crippen molar-refractivity contribution in [3.8, 4) is 0 Å². The molecule has 1 aromatic heterocycles. The molecule has 1 aromatic carbocycles. The van der Waals surface area contributed by atoms with Crippen molar-refractivity contribution in [2.24, 2.45) is 11.7 Å². The van der Waals surface area contributed by atoms with E-state index in [1.807, 2.05) is 19.9 Å². The average molecular weight is 517 g/mol. The minimum Gasteiger partial charge on any atom is -0.480 e. The number of benzene rings is 1. The molecular formula is C25H36N6O6. The lowest BCUT2D eigenvalue weighted by Crippen LogP contribution is -2.59. The van der Waals surface area contributed by atoms with E-state index in [-0.39, 0.29) is 18.8 Å². The van der Waals surface area contributed by atoms with Crippen molar-refractivity contribution in [3.05, 3.63) is 54.1 Å². The highest BCUT2D eigenvalue weighted by atomic mass is 16.4. The second kappa shape index (κ2) is 14.1. The van der Waals surface area contributed by atoms with Crippen LogP contribution < -0.4 is 21.7 Å². The van der Waals surface area contributed by atoms with Gasteiger partial charge in [0.15, 0.2) is 6.04 Å². The van der Waals surface area contributed by atoms with Gasteiger partial charge in [0, 0.05) is 24.7 Å². The summed E-state index contributed by atoms with van der Waals surface area (Å²) >= 11 is 0. The largest absolute Gasteiger partial charge is 0.480 e. The molecule has 202 valence electrons. The molecular weight excluding hydrogens is 480 g/mol. The smallest absolute Gasteiger partial charge is 0.328 e. The summed E-state index contributed by atoms with van der Waals surface area (Å²) in [5, 5.41) is 26.7. The van der Waals surface area contributed by atoms with Gasteiger partial charge in [0.1, 0.15) is 12.1 Å². The van der Waals surface area contributed by atoms with Crippen molar-refractivity contribution in [2.75, 3.05) is 0 Å². The van der Waals surface area contributed by atoms with E-state index in [9.17, 15) is 29.4 Å². The lowest BCUT2D eigenvalue weighted by molar-refractivity contribution is -0.145. The number of aromatic amines is 1. The molecule has 12 nitrogen and oxygen atoms in total. The van der Waals surface area contributed by atoms with E-state index in [1.165, 1.54) is 19.4 Å². The molecule has 0 fully saturated rings. The van der Waals surface area contributed by atoms with Crippen LogP contribution in [0.4, 0.5) is 0 Å². The monoisotopic (exact) mass is 516 g/mol. The highest BCUT2D eigenvalue weighted by molar-refractivity contribution is 5.94. The molecule has 0 bridgehead atoms. The summed E-state index contributed by atoms with van der Waals surface area (Å²) in [5.41, 5.74) is 7.35. The van der Waals surface area contributed by atoms with E-state index in [2.05, 4.69) is 25.9 Å². The van der Waals surface area contributed by atoms with Crippen molar-refractivity contribution in [3.63, 3.8) is 0 Å². The van der Waals surface area contributed by atoms with Gasteiger partial charge in [0.2, 0.25) is 17.7 Å². The van der Waals surface area contributed by atoms with Crippen molar-refractivity contribution >= 4 is 23.7 Å². The summed E-state index contributed by atoms with van der Waals surface area (Å²) in [5.74, 6) is -3.52. The van der Waals surface area contributed by atoms with Gasteiger partial charge in [-0.1, -0.05) is 50.6 Å². The Labute approximate surface area is 215 Å². The summed E-state index contributed by atoms with van der Waals surface area (Å²) in [6.45, 7) is 4.97. The zero-order chi connectivity index (χ0) is 27.5. The Bertz CT molecular complexity index is 1030. The van der Waals surface area contributed by atoms with Crippen LogP contribution in [0.2, 0.25) is 0 Å². The second-order valence-electron chi connectivity index (χ2n) is 9.07. The maximum Gasteiger partial charge on any atom is 0.328 e. The van der Waals surface area contributed by atoms with Crippen LogP contribution in [-0.2, 0) is 32.0 Å². The van der Waals surface area contributed by atoms with Crippen molar-refractivity contribution < 1.29 is 29.4 Å². The molecule has 2 aromatic rings. The predicted octanol–water partition coefficient (Wildman–Crippen LogP) is -0.512. The van der Waals surface area contributed by atoms with Gasteiger partial charge in [-0.15, -0.1) is 0 Å². The second-order valence-corrected chi connectivity index (χ2v) is 9.07. The number of hydrogen-bond donors (Lipinski definition) is 7. The summed E-state index contributed by atoms with van der Waals surface area (Å²) in [4.78, 5) is 57.5. The summed E-state index contributed by atoms with van der Waals surface area (Å²) in [6, 6.07) is 4.32.